The Morgan fingerprint density at radius 3 is 1.94 bits per heavy atom. The van der Waals surface area contributed by atoms with E-state index in [1.54, 1.807) is 22.7 Å². The van der Waals surface area contributed by atoms with Crippen LogP contribution in [-0.2, 0) is 4.79 Å². The van der Waals surface area contributed by atoms with E-state index in [1.165, 1.54) is 0 Å². The van der Waals surface area contributed by atoms with Gasteiger partial charge in [-0.1, -0.05) is 0 Å². The van der Waals surface area contributed by atoms with E-state index in [-0.39, 0.29) is 0 Å². The van der Waals surface area contributed by atoms with Crippen LogP contribution < -0.4 is 0 Å². The van der Waals surface area contributed by atoms with Crippen molar-refractivity contribution in [3.05, 3.63) is 33.0 Å². The molecule has 0 aromatic carbocycles. The standard InChI is InChI=1S/C12H10O2S2/c1-5-3-15-10-7(5)9(12(13)14)8-6(2)4-16-11(8)10/h3-4,9H,1-2H3,(H,13,14). The lowest BCUT2D eigenvalue weighted by molar-refractivity contribution is -0.137. The van der Waals surface area contributed by atoms with Crippen LogP contribution in [0.25, 0.3) is 9.75 Å². The van der Waals surface area contributed by atoms with Gasteiger partial charge in [-0.3, -0.25) is 4.79 Å². The average Bonchev–Trinajstić information content (AvgIpc) is 2.82. The summed E-state index contributed by atoms with van der Waals surface area (Å²) in [5.74, 6) is -1.18. The minimum atomic E-state index is -0.733. The molecule has 16 heavy (non-hydrogen) atoms. The number of carbonyl (C=O) groups is 1. The molecule has 3 rings (SSSR count). The van der Waals surface area contributed by atoms with Crippen molar-refractivity contribution in [1.29, 1.82) is 0 Å². The Morgan fingerprint density at radius 2 is 1.56 bits per heavy atom. The predicted octanol–water partition coefficient (Wildman–Crippen LogP) is 3.62. The smallest absolute Gasteiger partial charge is 0.315 e. The number of carboxylic acids is 1. The second kappa shape index (κ2) is 3.18. The summed E-state index contributed by atoms with van der Waals surface area (Å²) < 4.78 is 0. The van der Waals surface area contributed by atoms with Gasteiger partial charge in [-0.15, -0.1) is 22.7 Å². The van der Waals surface area contributed by atoms with Crippen molar-refractivity contribution in [1.82, 2.24) is 0 Å². The molecule has 0 atom stereocenters. The fourth-order valence-electron chi connectivity index (χ4n) is 2.37. The van der Waals surface area contributed by atoms with Crippen LogP contribution >= 0.6 is 22.7 Å². The highest BCUT2D eigenvalue weighted by Crippen LogP contribution is 2.53. The van der Waals surface area contributed by atoms with Crippen LogP contribution in [0.2, 0.25) is 0 Å². The quantitative estimate of drug-likeness (QED) is 0.839. The van der Waals surface area contributed by atoms with Gasteiger partial charge in [0, 0.05) is 9.75 Å². The number of aliphatic carboxylic acids is 1. The molecule has 0 fully saturated rings. The molecule has 2 aromatic rings. The van der Waals surface area contributed by atoms with Crippen LogP contribution in [0.4, 0.5) is 0 Å². The van der Waals surface area contributed by atoms with Crippen LogP contribution in [0, 0.1) is 13.8 Å². The van der Waals surface area contributed by atoms with E-state index in [0.29, 0.717) is 0 Å². The summed E-state index contributed by atoms with van der Waals surface area (Å²) in [6.07, 6.45) is 0. The molecule has 1 N–H and O–H groups in total. The summed E-state index contributed by atoms with van der Waals surface area (Å²) in [4.78, 5) is 13.8. The summed E-state index contributed by atoms with van der Waals surface area (Å²) in [7, 11) is 0. The molecule has 2 aromatic heterocycles. The SMILES string of the molecule is Cc1csc2c1C(C(=O)O)c1c(C)csc1-2. The van der Waals surface area contributed by atoms with Crippen molar-refractivity contribution in [2.75, 3.05) is 0 Å². The molecule has 0 radical (unpaired) electrons. The van der Waals surface area contributed by atoms with E-state index in [0.717, 1.165) is 32.0 Å². The second-order valence-corrected chi connectivity index (χ2v) is 5.85. The molecule has 0 saturated heterocycles. The van der Waals surface area contributed by atoms with E-state index >= 15 is 0 Å². The zero-order chi connectivity index (χ0) is 11.4. The molecule has 0 unspecified atom stereocenters. The zero-order valence-electron chi connectivity index (χ0n) is 8.90. The van der Waals surface area contributed by atoms with Gasteiger partial charge >= 0.3 is 5.97 Å². The summed E-state index contributed by atoms with van der Waals surface area (Å²) >= 11 is 3.33. The van der Waals surface area contributed by atoms with Crippen molar-refractivity contribution in [2.45, 2.75) is 19.8 Å². The molecule has 0 spiro atoms. The van der Waals surface area contributed by atoms with Gasteiger partial charge in [0.15, 0.2) is 0 Å². The third-order valence-electron chi connectivity index (χ3n) is 3.08. The molecule has 0 aliphatic heterocycles. The maximum absolute atomic E-state index is 11.4. The zero-order valence-corrected chi connectivity index (χ0v) is 10.5. The fraction of sp³-hybridized carbons (Fsp3) is 0.250. The van der Waals surface area contributed by atoms with Gasteiger partial charge in [0.05, 0.1) is 0 Å². The first-order valence-corrected chi connectivity index (χ1v) is 6.76. The molecular formula is C12H10O2S2. The highest BCUT2D eigenvalue weighted by Gasteiger charge is 2.38. The molecule has 2 nitrogen and oxygen atoms in total. The molecule has 0 saturated carbocycles. The van der Waals surface area contributed by atoms with Gasteiger partial charge in [-0.25, -0.2) is 0 Å². The van der Waals surface area contributed by atoms with Gasteiger partial charge in [0.1, 0.15) is 5.92 Å². The summed E-state index contributed by atoms with van der Waals surface area (Å²) in [6.45, 7) is 3.99. The number of hydrogen-bond acceptors (Lipinski definition) is 3. The topological polar surface area (TPSA) is 37.3 Å². The van der Waals surface area contributed by atoms with Gasteiger partial charge in [0.25, 0.3) is 0 Å². The Bertz CT molecular complexity index is 546. The van der Waals surface area contributed by atoms with Gasteiger partial charge in [-0.2, -0.15) is 0 Å². The lowest BCUT2D eigenvalue weighted by Gasteiger charge is -2.08. The molecule has 4 heteroatoms. The Hall–Kier alpha value is -1.13. The van der Waals surface area contributed by atoms with Crippen LogP contribution in [0.15, 0.2) is 10.8 Å². The number of rotatable bonds is 1. The minimum absolute atomic E-state index is 0.442. The first kappa shape index (κ1) is 10.1. The summed E-state index contributed by atoms with van der Waals surface area (Å²) in [5, 5.41) is 13.5. The number of thiophene rings is 2. The highest BCUT2D eigenvalue weighted by atomic mass is 32.1. The highest BCUT2D eigenvalue weighted by molar-refractivity contribution is 7.21. The maximum Gasteiger partial charge on any atom is 0.315 e. The third kappa shape index (κ3) is 1.09. The third-order valence-corrected chi connectivity index (χ3v) is 5.47. The monoisotopic (exact) mass is 250 g/mol. The van der Waals surface area contributed by atoms with Crippen molar-refractivity contribution in [3.8, 4) is 9.75 Å². The minimum Gasteiger partial charge on any atom is -0.481 e. The van der Waals surface area contributed by atoms with Crippen molar-refractivity contribution in [3.63, 3.8) is 0 Å². The van der Waals surface area contributed by atoms with Crippen molar-refractivity contribution < 1.29 is 9.90 Å². The first-order chi connectivity index (χ1) is 7.61. The number of hydrogen-bond donors (Lipinski definition) is 1. The van der Waals surface area contributed by atoms with E-state index in [9.17, 15) is 9.90 Å². The second-order valence-electron chi connectivity index (χ2n) is 4.09. The van der Waals surface area contributed by atoms with Crippen LogP contribution in [0.5, 0.6) is 0 Å². The van der Waals surface area contributed by atoms with E-state index in [2.05, 4.69) is 10.8 Å². The first-order valence-electron chi connectivity index (χ1n) is 5.00. The van der Waals surface area contributed by atoms with Crippen molar-refractivity contribution in [2.24, 2.45) is 0 Å². The average molecular weight is 250 g/mol. The molecule has 82 valence electrons. The molecule has 1 aliphatic rings. The van der Waals surface area contributed by atoms with Gasteiger partial charge in [-0.05, 0) is 46.9 Å². The Labute approximate surface area is 101 Å². The molecule has 1 aliphatic carbocycles. The summed E-state index contributed by atoms with van der Waals surface area (Å²) in [5.41, 5.74) is 4.25. The number of fused-ring (bicyclic) bond motifs is 3. The Balaban J connectivity index is 2.36. The van der Waals surface area contributed by atoms with E-state index < -0.39 is 11.9 Å². The lowest BCUT2D eigenvalue weighted by Crippen LogP contribution is -2.11. The maximum atomic E-state index is 11.4. The van der Waals surface area contributed by atoms with Gasteiger partial charge in [0.2, 0.25) is 0 Å². The van der Waals surface area contributed by atoms with Crippen molar-refractivity contribution >= 4 is 28.6 Å². The predicted molar refractivity (Wildman–Crippen MR) is 66.6 cm³/mol. The van der Waals surface area contributed by atoms with Gasteiger partial charge < -0.3 is 5.11 Å². The summed E-state index contributed by atoms with van der Waals surface area (Å²) in [6, 6.07) is 0. The van der Waals surface area contributed by atoms with E-state index in [4.69, 9.17) is 0 Å². The van der Waals surface area contributed by atoms with Crippen LogP contribution in [0.3, 0.4) is 0 Å². The molecule has 2 heterocycles. The largest absolute Gasteiger partial charge is 0.481 e. The Morgan fingerprint density at radius 1 is 1.12 bits per heavy atom. The van der Waals surface area contributed by atoms with Crippen LogP contribution in [-0.4, -0.2) is 11.1 Å². The fourth-order valence-corrected chi connectivity index (χ4v) is 4.74. The molecule has 0 amide bonds. The number of aryl methyl sites for hydroxylation is 2. The number of carboxylic acid groups (broad SMARTS) is 1. The normalized spacial score (nSPS) is 13.9. The molecular weight excluding hydrogens is 240 g/mol. The Kier molecular flexibility index (Phi) is 2.00. The van der Waals surface area contributed by atoms with E-state index in [1.807, 2.05) is 13.8 Å². The molecule has 0 bridgehead atoms. The lowest BCUT2D eigenvalue weighted by atomic mass is 9.95. The van der Waals surface area contributed by atoms with Crippen LogP contribution in [0.1, 0.15) is 28.2 Å².